The van der Waals surface area contributed by atoms with Crippen LogP contribution in [0.4, 0.5) is 18.9 Å². The maximum Gasteiger partial charge on any atom is 0.435 e. The minimum atomic E-state index is -4.80. The topological polar surface area (TPSA) is 84.2 Å². The summed E-state index contributed by atoms with van der Waals surface area (Å²) in [5.74, 6) is -1.35. The Bertz CT molecular complexity index is 916. The largest absolute Gasteiger partial charge is 0.481 e. The predicted octanol–water partition coefficient (Wildman–Crippen LogP) is 5.40. The fourth-order valence-corrected chi connectivity index (χ4v) is 3.99. The number of thiophene rings is 1. The predicted molar refractivity (Wildman–Crippen MR) is 109 cm³/mol. The van der Waals surface area contributed by atoms with Crippen LogP contribution in [-0.2, 0) is 17.5 Å². The van der Waals surface area contributed by atoms with Crippen LogP contribution >= 0.6 is 11.3 Å². The highest BCUT2D eigenvalue weighted by atomic mass is 32.1. The van der Waals surface area contributed by atoms with Gasteiger partial charge < -0.3 is 10.4 Å². The van der Waals surface area contributed by atoms with Crippen LogP contribution in [0.5, 0.6) is 0 Å². The molecule has 30 heavy (non-hydrogen) atoms. The molecule has 0 aromatic carbocycles. The van der Waals surface area contributed by atoms with Crippen LogP contribution in [0.1, 0.15) is 60.5 Å². The second-order valence-corrected chi connectivity index (χ2v) is 8.31. The molecule has 0 radical (unpaired) electrons. The fraction of sp³-hybridized carbons (Fsp3) is 0.450. The van der Waals surface area contributed by atoms with Crippen molar-refractivity contribution in [3.05, 3.63) is 45.9 Å². The number of rotatable bonds is 9. The average molecular weight is 443 g/mol. The van der Waals surface area contributed by atoms with Crippen molar-refractivity contribution in [1.29, 1.82) is 0 Å². The number of nitrogens with one attached hydrogen (secondary N) is 1. The molecule has 0 saturated carbocycles. The molecule has 6 nitrogen and oxygen atoms in total. The van der Waals surface area contributed by atoms with Gasteiger partial charge in [-0.05, 0) is 29.7 Å². The summed E-state index contributed by atoms with van der Waals surface area (Å²) < 4.78 is 41.2. The van der Waals surface area contributed by atoms with Crippen LogP contribution in [0.25, 0.3) is 0 Å². The summed E-state index contributed by atoms with van der Waals surface area (Å²) in [7, 11) is 0. The van der Waals surface area contributed by atoms with Crippen molar-refractivity contribution < 1.29 is 27.9 Å². The number of allylic oxidation sites excluding steroid dienone is 1. The van der Waals surface area contributed by atoms with Crippen molar-refractivity contribution in [3.63, 3.8) is 0 Å². The molecule has 2 heterocycles. The van der Waals surface area contributed by atoms with Gasteiger partial charge >= 0.3 is 12.1 Å². The van der Waals surface area contributed by atoms with Crippen molar-refractivity contribution >= 4 is 28.9 Å². The number of halogens is 3. The number of carboxylic acid groups (broad SMARTS) is 1. The quantitative estimate of drug-likeness (QED) is 0.509. The molecule has 164 valence electrons. The summed E-state index contributed by atoms with van der Waals surface area (Å²) in [5.41, 5.74) is -1.36. The average Bonchev–Trinajstić information content (AvgIpc) is 3.24. The molecule has 2 rings (SSSR count). The van der Waals surface area contributed by atoms with Crippen molar-refractivity contribution in [2.75, 3.05) is 5.32 Å². The number of carboxylic acids is 1. The summed E-state index contributed by atoms with van der Waals surface area (Å²) in [6.07, 6.45) is -0.454. The third kappa shape index (κ3) is 6.45. The lowest BCUT2D eigenvalue weighted by atomic mass is 9.97. The highest BCUT2D eigenvalue weighted by Gasteiger charge is 2.39. The molecular formula is C20H24F3N3O3S. The zero-order valence-electron chi connectivity index (χ0n) is 16.9. The Morgan fingerprint density at radius 2 is 2.00 bits per heavy atom. The van der Waals surface area contributed by atoms with Crippen LogP contribution < -0.4 is 5.32 Å². The molecule has 1 unspecified atom stereocenters. The first-order valence-corrected chi connectivity index (χ1v) is 10.3. The Morgan fingerprint density at radius 3 is 2.60 bits per heavy atom. The summed E-state index contributed by atoms with van der Waals surface area (Å²) in [6, 6.07) is 1.68. The first-order valence-electron chi connectivity index (χ1n) is 9.39. The van der Waals surface area contributed by atoms with Crippen LogP contribution in [0.2, 0.25) is 0 Å². The Balaban J connectivity index is 2.24. The van der Waals surface area contributed by atoms with Gasteiger partial charge in [-0.1, -0.05) is 32.9 Å². The zero-order chi connectivity index (χ0) is 22.5. The number of nitrogens with zero attached hydrogens (tertiary/aromatic N) is 2. The molecule has 0 fully saturated rings. The first-order chi connectivity index (χ1) is 14.0. The van der Waals surface area contributed by atoms with E-state index < -0.39 is 29.3 Å². The van der Waals surface area contributed by atoms with E-state index in [0.29, 0.717) is 11.6 Å². The summed E-state index contributed by atoms with van der Waals surface area (Å²) >= 11 is 1.45. The Morgan fingerprint density at radius 1 is 1.30 bits per heavy atom. The molecule has 10 heteroatoms. The smallest absolute Gasteiger partial charge is 0.435 e. The monoisotopic (exact) mass is 443 g/mol. The van der Waals surface area contributed by atoms with Crippen molar-refractivity contribution in [3.8, 4) is 0 Å². The number of anilines is 1. The summed E-state index contributed by atoms with van der Waals surface area (Å²) in [4.78, 5) is 24.1. The van der Waals surface area contributed by atoms with E-state index in [0.717, 1.165) is 22.2 Å². The number of carbonyl (C=O) groups excluding carboxylic acids is 1. The zero-order valence-corrected chi connectivity index (χ0v) is 17.7. The van der Waals surface area contributed by atoms with E-state index in [1.54, 1.807) is 11.4 Å². The lowest BCUT2D eigenvalue weighted by Crippen LogP contribution is -2.18. The Hall–Kier alpha value is -2.62. The van der Waals surface area contributed by atoms with Crippen LogP contribution in [-0.4, -0.2) is 26.8 Å². The molecular weight excluding hydrogens is 419 g/mol. The van der Waals surface area contributed by atoms with Gasteiger partial charge in [-0.3, -0.25) is 14.3 Å². The second-order valence-electron chi connectivity index (χ2n) is 7.36. The maximum atomic E-state index is 13.4. The first kappa shape index (κ1) is 23.7. The van der Waals surface area contributed by atoms with Crippen molar-refractivity contribution in [2.45, 2.75) is 52.3 Å². The molecule has 0 bridgehead atoms. The van der Waals surface area contributed by atoms with E-state index in [-0.39, 0.29) is 18.9 Å². The molecule has 2 aromatic heterocycles. The third-order valence-corrected chi connectivity index (χ3v) is 5.39. The van der Waals surface area contributed by atoms with Gasteiger partial charge in [-0.2, -0.15) is 18.3 Å². The van der Waals surface area contributed by atoms with E-state index in [2.05, 4.69) is 24.3 Å². The minimum absolute atomic E-state index is 0.0846. The van der Waals surface area contributed by atoms with Gasteiger partial charge in [0.2, 0.25) is 0 Å². The number of aliphatic carboxylic acids is 1. The van der Waals surface area contributed by atoms with Crippen LogP contribution in [0.15, 0.2) is 29.8 Å². The van der Waals surface area contributed by atoms with Crippen molar-refractivity contribution in [2.24, 2.45) is 5.92 Å². The molecule has 2 aromatic rings. The number of hydrogen-bond acceptors (Lipinski definition) is 4. The Kier molecular flexibility index (Phi) is 7.83. The van der Waals surface area contributed by atoms with Crippen LogP contribution in [0, 0.1) is 5.92 Å². The van der Waals surface area contributed by atoms with E-state index in [4.69, 9.17) is 5.11 Å². The molecule has 0 saturated heterocycles. The molecule has 1 atom stereocenters. The lowest BCUT2D eigenvalue weighted by molar-refractivity contribution is -0.141. The molecule has 1 amide bonds. The lowest BCUT2D eigenvalue weighted by Gasteiger charge is -2.15. The second kappa shape index (κ2) is 9.92. The van der Waals surface area contributed by atoms with E-state index in [1.165, 1.54) is 23.5 Å². The number of hydrogen-bond donors (Lipinski definition) is 2. The minimum Gasteiger partial charge on any atom is -0.481 e. The van der Waals surface area contributed by atoms with E-state index in [1.807, 2.05) is 6.92 Å². The van der Waals surface area contributed by atoms with E-state index in [9.17, 15) is 22.8 Å². The summed E-state index contributed by atoms with van der Waals surface area (Å²) in [6.45, 7) is 6.09. The van der Waals surface area contributed by atoms with Gasteiger partial charge in [-0.25, -0.2) is 0 Å². The normalized spacial score (nSPS) is 13.2. The number of carbonyl (C=O) groups is 2. The standard InChI is InChI=1S/C20H24F3N3O3S/c1-12(2)10-13(3)17-15(7-9-30-17)24-19(29)14-11-26(8-5-4-6-16(27)28)25-18(14)20(21,22)23/h4-5,7,9,11-13H,6,8,10H2,1-3H3,(H,24,29)(H,27,28). The highest BCUT2D eigenvalue weighted by molar-refractivity contribution is 7.10. The fourth-order valence-electron chi connectivity index (χ4n) is 3.07. The van der Waals surface area contributed by atoms with Gasteiger partial charge in [-0.15, -0.1) is 11.3 Å². The van der Waals surface area contributed by atoms with Gasteiger partial charge in [0.25, 0.3) is 5.91 Å². The third-order valence-electron chi connectivity index (χ3n) is 4.24. The van der Waals surface area contributed by atoms with Gasteiger partial charge in [0.15, 0.2) is 5.69 Å². The van der Waals surface area contributed by atoms with Gasteiger partial charge in [0.05, 0.1) is 24.2 Å². The molecule has 0 spiro atoms. The molecule has 2 N–H and O–H groups in total. The SMILES string of the molecule is CC(C)CC(C)c1sccc1NC(=O)c1cn(CC=CCC(=O)O)nc1C(F)(F)F. The Labute approximate surface area is 176 Å². The number of amides is 1. The number of aromatic nitrogens is 2. The summed E-state index contributed by atoms with van der Waals surface area (Å²) in [5, 5.41) is 16.5. The molecule has 0 aliphatic heterocycles. The van der Waals surface area contributed by atoms with Crippen LogP contribution in [0.3, 0.4) is 0 Å². The van der Waals surface area contributed by atoms with Gasteiger partial charge in [0, 0.05) is 11.1 Å². The number of alkyl halides is 3. The van der Waals surface area contributed by atoms with E-state index >= 15 is 0 Å². The van der Waals surface area contributed by atoms with Gasteiger partial charge in [0.1, 0.15) is 0 Å². The maximum absolute atomic E-state index is 13.4. The van der Waals surface area contributed by atoms with Crippen molar-refractivity contribution in [1.82, 2.24) is 9.78 Å². The highest BCUT2D eigenvalue weighted by Crippen LogP contribution is 2.35. The molecule has 0 aliphatic carbocycles. The molecule has 0 aliphatic rings.